The fraction of sp³-hybridized carbons (Fsp3) is 0.533. The number of pyridine rings is 1. The number of nitrogens with one attached hydrogen (secondary N) is 1. The zero-order chi connectivity index (χ0) is 15.2. The highest BCUT2D eigenvalue weighted by Gasteiger charge is 2.29. The van der Waals surface area contributed by atoms with Crippen molar-refractivity contribution in [3.63, 3.8) is 0 Å². The lowest BCUT2D eigenvalue weighted by atomic mass is 10.2. The van der Waals surface area contributed by atoms with E-state index in [1.807, 2.05) is 25.1 Å². The third-order valence-corrected chi connectivity index (χ3v) is 3.80. The van der Waals surface area contributed by atoms with Crippen molar-refractivity contribution >= 4 is 12.0 Å². The first kappa shape index (κ1) is 15.3. The maximum atomic E-state index is 12.4. The molecule has 1 saturated carbocycles. The average Bonchev–Trinajstić information content (AvgIpc) is 2.99. The fourth-order valence-corrected chi connectivity index (χ4v) is 2.70. The Morgan fingerprint density at radius 3 is 2.71 bits per heavy atom. The average molecular weight is 291 g/mol. The van der Waals surface area contributed by atoms with Crippen LogP contribution in [0.2, 0.25) is 0 Å². The highest BCUT2D eigenvalue weighted by Crippen LogP contribution is 2.23. The highest BCUT2D eigenvalue weighted by molar-refractivity contribution is 5.80. The van der Waals surface area contributed by atoms with Crippen LogP contribution in [0.15, 0.2) is 24.4 Å². The van der Waals surface area contributed by atoms with Gasteiger partial charge in [-0.2, -0.15) is 0 Å². The molecule has 0 bridgehead atoms. The normalized spacial score (nSPS) is 16.4. The van der Waals surface area contributed by atoms with E-state index in [0.717, 1.165) is 31.4 Å². The van der Waals surface area contributed by atoms with Crippen LogP contribution in [-0.2, 0) is 4.79 Å². The largest absolute Gasteiger partial charge is 0.480 e. The summed E-state index contributed by atoms with van der Waals surface area (Å²) >= 11 is 0. The Labute approximate surface area is 124 Å². The van der Waals surface area contributed by atoms with Crippen LogP contribution in [0.1, 0.15) is 44.3 Å². The smallest absolute Gasteiger partial charge is 0.323 e. The first-order valence-electron chi connectivity index (χ1n) is 7.28. The molecule has 21 heavy (non-hydrogen) atoms. The number of carbonyl (C=O) groups is 2. The van der Waals surface area contributed by atoms with Crippen molar-refractivity contribution in [1.29, 1.82) is 0 Å². The van der Waals surface area contributed by atoms with E-state index in [1.165, 1.54) is 4.90 Å². The zero-order valence-corrected chi connectivity index (χ0v) is 12.2. The summed E-state index contributed by atoms with van der Waals surface area (Å²) < 4.78 is 0. The van der Waals surface area contributed by atoms with Gasteiger partial charge in [0.1, 0.15) is 6.54 Å². The van der Waals surface area contributed by atoms with Gasteiger partial charge in [0.2, 0.25) is 0 Å². The summed E-state index contributed by atoms with van der Waals surface area (Å²) in [6.07, 6.45) is 5.51. The molecule has 0 radical (unpaired) electrons. The van der Waals surface area contributed by atoms with Crippen molar-refractivity contribution in [2.45, 2.75) is 44.7 Å². The molecule has 1 aromatic heterocycles. The lowest BCUT2D eigenvalue weighted by Gasteiger charge is -2.29. The number of nitrogens with zero attached hydrogens (tertiary/aromatic N) is 2. The molecule has 0 spiro atoms. The number of aliphatic carboxylic acids is 1. The number of hydrogen-bond donors (Lipinski definition) is 2. The number of hydrogen-bond acceptors (Lipinski definition) is 3. The molecule has 1 heterocycles. The van der Waals surface area contributed by atoms with Gasteiger partial charge in [0.25, 0.3) is 0 Å². The molecule has 6 nitrogen and oxygen atoms in total. The van der Waals surface area contributed by atoms with E-state index in [-0.39, 0.29) is 24.7 Å². The predicted molar refractivity (Wildman–Crippen MR) is 77.8 cm³/mol. The van der Waals surface area contributed by atoms with Gasteiger partial charge >= 0.3 is 12.0 Å². The van der Waals surface area contributed by atoms with Gasteiger partial charge in [-0.05, 0) is 31.9 Å². The standard InChI is InChI=1S/C15H21N3O3/c1-11(13-8-4-5-9-16-13)17-15(21)18(10-14(19)20)12-6-2-3-7-12/h4-5,8-9,11-12H,2-3,6-7,10H2,1H3,(H,17,21)(H,19,20). The lowest BCUT2D eigenvalue weighted by Crippen LogP contribution is -2.48. The van der Waals surface area contributed by atoms with Crippen molar-refractivity contribution in [1.82, 2.24) is 15.2 Å². The molecule has 1 atom stereocenters. The fourth-order valence-electron chi connectivity index (χ4n) is 2.70. The Morgan fingerprint density at radius 2 is 2.14 bits per heavy atom. The number of rotatable bonds is 5. The first-order valence-corrected chi connectivity index (χ1v) is 7.28. The van der Waals surface area contributed by atoms with E-state index < -0.39 is 5.97 Å². The SMILES string of the molecule is CC(NC(=O)N(CC(=O)O)C1CCCC1)c1ccccn1. The molecule has 0 saturated heterocycles. The third-order valence-electron chi connectivity index (χ3n) is 3.80. The number of carboxylic acid groups (broad SMARTS) is 1. The van der Waals surface area contributed by atoms with Gasteiger partial charge in [-0.15, -0.1) is 0 Å². The van der Waals surface area contributed by atoms with Crippen LogP contribution in [-0.4, -0.2) is 39.6 Å². The van der Waals surface area contributed by atoms with E-state index in [4.69, 9.17) is 5.11 Å². The highest BCUT2D eigenvalue weighted by atomic mass is 16.4. The van der Waals surface area contributed by atoms with Crippen LogP contribution in [0.5, 0.6) is 0 Å². The van der Waals surface area contributed by atoms with E-state index in [2.05, 4.69) is 10.3 Å². The summed E-state index contributed by atoms with van der Waals surface area (Å²) in [4.78, 5) is 29.0. The van der Waals surface area contributed by atoms with Crippen LogP contribution < -0.4 is 5.32 Å². The summed E-state index contributed by atoms with van der Waals surface area (Å²) in [5, 5.41) is 11.8. The Hall–Kier alpha value is -2.11. The third kappa shape index (κ3) is 4.18. The molecule has 2 N–H and O–H groups in total. The second kappa shape index (κ2) is 7.06. The van der Waals surface area contributed by atoms with E-state index in [9.17, 15) is 9.59 Å². The Kier molecular flexibility index (Phi) is 5.14. The zero-order valence-electron chi connectivity index (χ0n) is 12.2. The maximum Gasteiger partial charge on any atom is 0.323 e. The summed E-state index contributed by atoms with van der Waals surface area (Å²) in [5.41, 5.74) is 0.757. The van der Waals surface area contributed by atoms with Crippen LogP contribution in [0.4, 0.5) is 4.79 Å². The molecule has 2 rings (SSSR count). The van der Waals surface area contributed by atoms with Crippen molar-refractivity contribution in [2.24, 2.45) is 0 Å². The molecule has 114 valence electrons. The van der Waals surface area contributed by atoms with Crippen LogP contribution in [0.3, 0.4) is 0 Å². The van der Waals surface area contributed by atoms with Gasteiger partial charge in [0.15, 0.2) is 0 Å². The number of amides is 2. The topological polar surface area (TPSA) is 82.5 Å². The molecule has 1 fully saturated rings. The van der Waals surface area contributed by atoms with Gasteiger partial charge in [0.05, 0.1) is 11.7 Å². The molecule has 1 unspecified atom stereocenters. The molecule has 1 aliphatic rings. The molecular formula is C15H21N3O3. The second-order valence-electron chi connectivity index (χ2n) is 5.39. The number of carboxylic acids is 1. The van der Waals surface area contributed by atoms with Crippen molar-refractivity contribution in [2.75, 3.05) is 6.54 Å². The van der Waals surface area contributed by atoms with Crippen LogP contribution in [0.25, 0.3) is 0 Å². The van der Waals surface area contributed by atoms with Gasteiger partial charge in [-0.3, -0.25) is 9.78 Å². The maximum absolute atomic E-state index is 12.4. The molecule has 0 aromatic carbocycles. The minimum Gasteiger partial charge on any atom is -0.480 e. The number of carbonyl (C=O) groups excluding carboxylic acids is 1. The minimum atomic E-state index is -0.984. The van der Waals surface area contributed by atoms with Gasteiger partial charge in [0, 0.05) is 12.2 Å². The number of aromatic nitrogens is 1. The van der Waals surface area contributed by atoms with E-state index >= 15 is 0 Å². The van der Waals surface area contributed by atoms with Crippen molar-refractivity contribution in [3.8, 4) is 0 Å². The van der Waals surface area contributed by atoms with E-state index in [0.29, 0.717) is 0 Å². The Bertz CT molecular complexity index is 486. The molecule has 2 amide bonds. The summed E-state index contributed by atoms with van der Waals surface area (Å²) in [6.45, 7) is 1.58. The van der Waals surface area contributed by atoms with Crippen molar-refractivity contribution in [3.05, 3.63) is 30.1 Å². The van der Waals surface area contributed by atoms with Crippen molar-refractivity contribution < 1.29 is 14.7 Å². The summed E-state index contributed by atoms with van der Waals surface area (Å²) in [7, 11) is 0. The lowest BCUT2D eigenvalue weighted by molar-refractivity contribution is -0.138. The monoisotopic (exact) mass is 291 g/mol. The number of urea groups is 1. The Morgan fingerprint density at radius 1 is 1.43 bits per heavy atom. The molecule has 1 aliphatic carbocycles. The molecule has 6 heteroatoms. The Balaban J connectivity index is 2.02. The summed E-state index contributed by atoms with van der Waals surface area (Å²) in [6, 6.07) is 4.95. The van der Waals surface area contributed by atoms with E-state index in [1.54, 1.807) is 6.20 Å². The van der Waals surface area contributed by atoms with Gasteiger partial charge in [-0.25, -0.2) is 4.79 Å². The van der Waals surface area contributed by atoms with Crippen LogP contribution >= 0.6 is 0 Å². The predicted octanol–water partition coefficient (Wildman–Crippen LogP) is 2.18. The van der Waals surface area contributed by atoms with Gasteiger partial charge in [-0.1, -0.05) is 18.9 Å². The summed E-state index contributed by atoms with van der Waals surface area (Å²) in [5.74, 6) is -0.984. The van der Waals surface area contributed by atoms with Crippen LogP contribution in [0, 0.1) is 0 Å². The second-order valence-corrected chi connectivity index (χ2v) is 5.39. The molecule has 0 aliphatic heterocycles. The molecule has 1 aromatic rings. The van der Waals surface area contributed by atoms with Gasteiger partial charge < -0.3 is 15.3 Å². The minimum absolute atomic E-state index is 0.0250. The first-order chi connectivity index (χ1) is 10.1. The quantitative estimate of drug-likeness (QED) is 0.871. The molecular weight excluding hydrogens is 270 g/mol.